The topological polar surface area (TPSA) is 47.9 Å². The van der Waals surface area contributed by atoms with Gasteiger partial charge in [-0.2, -0.15) is 4.99 Å². The van der Waals surface area contributed by atoms with Crippen LogP contribution < -0.4 is 0 Å². The summed E-state index contributed by atoms with van der Waals surface area (Å²) >= 11 is 0. The molecule has 0 saturated heterocycles. The van der Waals surface area contributed by atoms with Crippen LogP contribution in [-0.4, -0.2) is 37.0 Å². The molecule has 1 fully saturated rings. The number of isocyanates is 1. The molecule has 0 aliphatic heterocycles. The van der Waals surface area contributed by atoms with Crippen molar-refractivity contribution >= 4 is 6.08 Å². The van der Waals surface area contributed by atoms with Gasteiger partial charge >= 0.3 is 0 Å². The lowest BCUT2D eigenvalue weighted by molar-refractivity contribution is -0.0693. The molecule has 0 N–H and O–H groups in total. The Bertz CT molecular complexity index is 508. The van der Waals surface area contributed by atoms with E-state index in [0.717, 1.165) is 25.7 Å². The molecule has 0 unspecified atom stereocenters. The molecule has 1 saturated carbocycles. The van der Waals surface area contributed by atoms with Crippen LogP contribution >= 0.6 is 0 Å². The zero-order valence-corrected chi connectivity index (χ0v) is 14.7. The zero-order valence-electron chi connectivity index (χ0n) is 14.7. The molecule has 0 aromatic rings. The summed E-state index contributed by atoms with van der Waals surface area (Å²) in [5.74, 6) is 0.573. The van der Waals surface area contributed by atoms with E-state index in [0.29, 0.717) is 5.92 Å². The predicted molar refractivity (Wildman–Crippen MR) is 86.6 cm³/mol. The van der Waals surface area contributed by atoms with Gasteiger partial charge in [-0.05, 0) is 51.0 Å². The first kappa shape index (κ1) is 17.4. The second kappa shape index (κ2) is 5.92. The Balaban J connectivity index is 2.59. The molecular weight excluding hydrogens is 278 g/mol. The van der Waals surface area contributed by atoms with E-state index in [1.807, 2.05) is 0 Å². The van der Waals surface area contributed by atoms with Gasteiger partial charge in [-0.1, -0.05) is 19.9 Å². The number of hydrogen-bond acceptors (Lipinski definition) is 4. The van der Waals surface area contributed by atoms with Crippen LogP contribution in [0.25, 0.3) is 0 Å². The molecule has 4 nitrogen and oxygen atoms in total. The average Bonchev–Trinajstić information content (AvgIpc) is 2.48. The van der Waals surface area contributed by atoms with Crippen LogP contribution in [0.2, 0.25) is 0 Å². The summed E-state index contributed by atoms with van der Waals surface area (Å²) in [4.78, 5) is 15.1. The van der Waals surface area contributed by atoms with E-state index in [1.165, 1.54) is 5.57 Å². The average molecular weight is 307 g/mol. The van der Waals surface area contributed by atoms with Gasteiger partial charge in [0.1, 0.15) is 0 Å². The molecule has 0 bridgehead atoms. The van der Waals surface area contributed by atoms with E-state index in [-0.39, 0.29) is 22.7 Å². The smallest absolute Gasteiger partial charge is 0.235 e. The van der Waals surface area contributed by atoms with Gasteiger partial charge in [0.25, 0.3) is 0 Å². The van der Waals surface area contributed by atoms with E-state index in [2.05, 4.69) is 38.8 Å². The SMILES string of the molecule is CO[C@]1(C)C=C2[C@@H](CC1)[C@@](C)(N=C=O)CC[C@]2(OC)C(C)C. The lowest BCUT2D eigenvalue weighted by Crippen LogP contribution is -2.55. The first-order chi connectivity index (χ1) is 10.3. The van der Waals surface area contributed by atoms with E-state index in [1.54, 1.807) is 20.3 Å². The van der Waals surface area contributed by atoms with Crippen molar-refractivity contribution in [1.82, 2.24) is 0 Å². The molecule has 2 aliphatic carbocycles. The highest BCUT2D eigenvalue weighted by atomic mass is 16.5. The summed E-state index contributed by atoms with van der Waals surface area (Å²) in [7, 11) is 3.55. The summed E-state index contributed by atoms with van der Waals surface area (Å²) in [6.45, 7) is 8.59. The van der Waals surface area contributed by atoms with Crippen molar-refractivity contribution in [3.8, 4) is 0 Å². The van der Waals surface area contributed by atoms with Gasteiger partial charge < -0.3 is 9.47 Å². The molecule has 0 heterocycles. The Morgan fingerprint density at radius 2 is 1.91 bits per heavy atom. The first-order valence-corrected chi connectivity index (χ1v) is 8.19. The summed E-state index contributed by atoms with van der Waals surface area (Å²) < 4.78 is 11.8. The number of carbonyl (C=O) groups excluding carboxylic acids is 1. The number of ether oxygens (including phenoxy) is 2. The van der Waals surface area contributed by atoms with Crippen molar-refractivity contribution in [3.05, 3.63) is 11.6 Å². The fourth-order valence-electron chi connectivity index (χ4n) is 4.39. The molecule has 124 valence electrons. The van der Waals surface area contributed by atoms with Crippen molar-refractivity contribution in [2.75, 3.05) is 14.2 Å². The fourth-order valence-corrected chi connectivity index (χ4v) is 4.39. The maximum absolute atomic E-state index is 10.9. The van der Waals surface area contributed by atoms with Gasteiger partial charge in [-0.25, -0.2) is 4.79 Å². The van der Waals surface area contributed by atoms with E-state index in [4.69, 9.17) is 9.47 Å². The third-order valence-electron chi connectivity index (χ3n) is 6.07. The van der Waals surface area contributed by atoms with Gasteiger partial charge in [0.15, 0.2) is 0 Å². The number of aliphatic imine (C=N–C) groups is 1. The molecule has 0 radical (unpaired) electrons. The Morgan fingerprint density at radius 1 is 1.23 bits per heavy atom. The van der Waals surface area contributed by atoms with Gasteiger partial charge in [0.05, 0.1) is 16.7 Å². The standard InChI is InChI=1S/C18H29NO3/c1-13(2)18(22-6)10-9-17(4,19-12-20)14-7-8-16(3,21-5)11-15(14)18/h11,13-14H,7-10H2,1-6H3/t14-,16+,17+,18+/m1/s1. The molecule has 0 amide bonds. The summed E-state index contributed by atoms with van der Waals surface area (Å²) in [5.41, 5.74) is 0.323. The van der Waals surface area contributed by atoms with Crippen molar-refractivity contribution in [2.24, 2.45) is 16.8 Å². The Kier molecular flexibility index (Phi) is 4.68. The highest BCUT2D eigenvalue weighted by Gasteiger charge is 2.54. The molecule has 22 heavy (non-hydrogen) atoms. The molecule has 0 spiro atoms. The molecule has 0 aromatic carbocycles. The minimum absolute atomic E-state index is 0.216. The van der Waals surface area contributed by atoms with Gasteiger partial charge in [-0.3, -0.25) is 0 Å². The monoisotopic (exact) mass is 307 g/mol. The van der Waals surface area contributed by atoms with E-state index in [9.17, 15) is 4.79 Å². The van der Waals surface area contributed by atoms with Crippen LogP contribution in [-0.2, 0) is 14.3 Å². The number of hydrogen-bond donors (Lipinski definition) is 0. The Morgan fingerprint density at radius 3 is 2.41 bits per heavy atom. The highest BCUT2D eigenvalue weighted by Crippen LogP contribution is 2.54. The molecule has 0 aromatic heterocycles. The molecule has 2 rings (SSSR count). The van der Waals surface area contributed by atoms with Crippen LogP contribution in [0.3, 0.4) is 0 Å². The van der Waals surface area contributed by atoms with E-state index < -0.39 is 0 Å². The van der Waals surface area contributed by atoms with Gasteiger partial charge in [0, 0.05) is 20.1 Å². The van der Waals surface area contributed by atoms with Crippen LogP contribution in [0.5, 0.6) is 0 Å². The summed E-state index contributed by atoms with van der Waals surface area (Å²) in [6, 6.07) is 0. The van der Waals surface area contributed by atoms with Crippen LogP contribution in [0.1, 0.15) is 53.4 Å². The zero-order chi connectivity index (χ0) is 16.6. The van der Waals surface area contributed by atoms with Gasteiger partial charge in [-0.15, -0.1) is 0 Å². The van der Waals surface area contributed by atoms with E-state index >= 15 is 0 Å². The number of nitrogens with zero attached hydrogens (tertiary/aromatic N) is 1. The molecule has 2 aliphatic rings. The maximum atomic E-state index is 10.9. The normalized spacial score (nSPS) is 41.6. The predicted octanol–water partition coefficient (Wildman–Crippen LogP) is 3.66. The van der Waals surface area contributed by atoms with Crippen molar-refractivity contribution < 1.29 is 14.3 Å². The lowest BCUT2D eigenvalue weighted by Gasteiger charge is -2.54. The van der Waals surface area contributed by atoms with Crippen LogP contribution in [0.15, 0.2) is 16.6 Å². The summed E-state index contributed by atoms with van der Waals surface area (Å²) in [6.07, 6.45) is 7.63. The molecule has 4 heteroatoms. The minimum Gasteiger partial charge on any atom is -0.374 e. The second-order valence-corrected chi connectivity index (χ2v) is 7.52. The Hall–Kier alpha value is -0.960. The Labute approximate surface area is 134 Å². The van der Waals surface area contributed by atoms with Crippen molar-refractivity contribution in [1.29, 1.82) is 0 Å². The third kappa shape index (κ3) is 2.58. The fraction of sp³-hybridized carbons (Fsp3) is 0.833. The number of fused-ring (bicyclic) bond motifs is 1. The van der Waals surface area contributed by atoms with Gasteiger partial charge in [0.2, 0.25) is 6.08 Å². The third-order valence-corrected chi connectivity index (χ3v) is 6.07. The number of methoxy groups -OCH3 is 2. The van der Waals surface area contributed by atoms with Crippen LogP contribution in [0, 0.1) is 11.8 Å². The quantitative estimate of drug-likeness (QED) is 0.452. The number of rotatable bonds is 4. The minimum atomic E-state index is -0.375. The molecular formula is C18H29NO3. The second-order valence-electron chi connectivity index (χ2n) is 7.52. The maximum Gasteiger partial charge on any atom is 0.235 e. The molecule has 4 atom stereocenters. The summed E-state index contributed by atoms with van der Waals surface area (Å²) in [5, 5.41) is 0. The lowest BCUT2D eigenvalue weighted by atomic mass is 9.57. The first-order valence-electron chi connectivity index (χ1n) is 8.19. The van der Waals surface area contributed by atoms with Crippen molar-refractivity contribution in [3.63, 3.8) is 0 Å². The highest BCUT2D eigenvalue weighted by molar-refractivity contribution is 5.39. The van der Waals surface area contributed by atoms with Crippen LogP contribution in [0.4, 0.5) is 0 Å². The van der Waals surface area contributed by atoms with Crippen molar-refractivity contribution in [2.45, 2.75) is 70.1 Å². The largest absolute Gasteiger partial charge is 0.374 e.